The van der Waals surface area contributed by atoms with Crippen molar-refractivity contribution < 1.29 is 32.6 Å². The normalized spacial score (nSPS) is 10.3. The highest BCUT2D eigenvalue weighted by molar-refractivity contribution is 5.97. The van der Waals surface area contributed by atoms with Gasteiger partial charge in [-0.3, -0.25) is 9.59 Å². The minimum atomic E-state index is -3.03. The predicted molar refractivity (Wildman–Crippen MR) is 103 cm³/mol. The molecule has 0 aliphatic rings. The summed E-state index contributed by atoms with van der Waals surface area (Å²) in [7, 11) is 1.25. The standard InChI is InChI=1S/C19H20F2N4O5/c1-29-15-8-12(4-7-14(15)30-18(20)21)17(27)24-10-16(26)23-9-11-2-5-13(6-3-11)25-19(22)28/h2-8,18H,9-10H2,1H3,(H,23,26)(H,24,27)(H3,22,25,28). The van der Waals surface area contributed by atoms with Crippen LogP contribution in [0.25, 0.3) is 0 Å². The van der Waals surface area contributed by atoms with Gasteiger partial charge in [-0.1, -0.05) is 12.1 Å². The Hall–Kier alpha value is -3.89. The number of primary amides is 1. The highest BCUT2D eigenvalue weighted by Crippen LogP contribution is 2.29. The van der Waals surface area contributed by atoms with Crippen LogP contribution < -0.4 is 31.2 Å². The van der Waals surface area contributed by atoms with Crippen molar-refractivity contribution in [3.05, 3.63) is 53.6 Å². The molecule has 0 aromatic heterocycles. The van der Waals surface area contributed by atoms with Gasteiger partial charge in [0.05, 0.1) is 13.7 Å². The summed E-state index contributed by atoms with van der Waals surface area (Å²) in [6, 6.07) is 9.64. The molecule has 2 aromatic rings. The van der Waals surface area contributed by atoms with E-state index in [4.69, 9.17) is 10.5 Å². The van der Waals surface area contributed by atoms with Crippen LogP contribution in [0.15, 0.2) is 42.5 Å². The Kier molecular flexibility index (Phi) is 7.91. The fraction of sp³-hybridized carbons (Fsp3) is 0.211. The molecule has 2 rings (SSSR count). The summed E-state index contributed by atoms with van der Waals surface area (Å²) < 4.78 is 33.9. The van der Waals surface area contributed by atoms with E-state index in [2.05, 4.69) is 20.7 Å². The molecule has 0 saturated carbocycles. The Morgan fingerprint density at radius 3 is 2.33 bits per heavy atom. The molecule has 2 aromatic carbocycles. The SMILES string of the molecule is COc1cc(C(=O)NCC(=O)NCc2ccc(NC(N)=O)cc2)ccc1OC(F)F. The van der Waals surface area contributed by atoms with Crippen molar-refractivity contribution in [2.45, 2.75) is 13.2 Å². The predicted octanol–water partition coefficient (Wildman–Crippen LogP) is 1.83. The lowest BCUT2D eigenvalue weighted by Crippen LogP contribution is -2.36. The topological polar surface area (TPSA) is 132 Å². The number of carbonyl (C=O) groups is 3. The summed E-state index contributed by atoms with van der Waals surface area (Å²) in [6.07, 6.45) is 0. The Morgan fingerprint density at radius 2 is 1.73 bits per heavy atom. The van der Waals surface area contributed by atoms with E-state index < -0.39 is 24.5 Å². The third-order valence-corrected chi connectivity index (χ3v) is 3.76. The van der Waals surface area contributed by atoms with Gasteiger partial charge < -0.3 is 31.2 Å². The van der Waals surface area contributed by atoms with Gasteiger partial charge in [-0.05, 0) is 35.9 Å². The molecular weight excluding hydrogens is 402 g/mol. The molecule has 0 aliphatic carbocycles. The molecule has 30 heavy (non-hydrogen) atoms. The van der Waals surface area contributed by atoms with Crippen LogP contribution in [0.1, 0.15) is 15.9 Å². The monoisotopic (exact) mass is 422 g/mol. The molecule has 9 nitrogen and oxygen atoms in total. The molecule has 0 saturated heterocycles. The molecule has 0 atom stereocenters. The number of hydrogen-bond acceptors (Lipinski definition) is 5. The lowest BCUT2D eigenvalue weighted by Gasteiger charge is -2.12. The number of ether oxygens (including phenoxy) is 2. The lowest BCUT2D eigenvalue weighted by molar-refractivity contribution is -0.120. The minimum absolute atomic E-state index is 0.0401. The zero-order valence-electron chi connectivity index (χ0n) is 15.9. The first kappa shape index (κ1) is 22.4. The maximum Gasteiger partial charge on any atom is 0.387 e. The summed E-state index contributed by atoms with van der Waals surface area (Å²) >= 11 is 0. The Labute approximate surface area is 170 Å². The average molecular weight is 422 g/mol. The van der Waals surface area contributed by atoms with E-state index in [1.165, 1.54) is 25.3 Å². The van der Waals surface area contributed by atoms with Crippen LogP contribution in [0.4, 0.5) is 19.3 Å². The first-order valence-corrected chi connectivity index (χ1v) is 8.61. The van der Waals surface area contributed by atoms with Crippen molar-refractivity contribution in [1.82, 2.24) is 10.6 Å². The van der Waals surface area contributed by atoms with E-state index in [0.717, 1.165) is 5.56 Å². The van der Waals surface area contributed by atoms with Crippen LogP contribution >= 0.6 is 0 Å². The largest absolute Gasteiger partial charge is 0.493 e. The van der Waals surface area contributed by atoms with Crippen molar-refractivity contribution in [1.29, 1.82) is 0 Å². The number of benzene rings is 2. The molecular formula is C19H20F2N4O5. The van der Waals surface area contributed by atoms with Crippen molar-refractivity contribution in [3.8, 4) is 11.5 Å². The van der Waals surface area contributed by atoms with E-state index in [-0.39, 0.29) is 30.2 Å². The van der Waals surface area contributed by atoms with E-state index in [0.29, 0.717) is 5.69 Å². The Balaban J connectivity index is 1.84. The van der Waals surface area contributed by atoms with Gasteiger partial charge >= 0.3 is 12.6 Å². The highest BCUT2D eigenvalue weighted by Gasteiger charge is 2.14. The van der Waals surface area contributed by atoms with E-state index in [1.807, 2.05) is 0 Å². The smallest absolute Gasteiger partial charge is 0.387 e. The molecule has 0 spiro atoms. The summed E-state index contributed by atoms with van der Waals surface area (Å²) in [4.78, 5) is 34.9. The highest BCUT2D eigenvalue weighted by atomic mass is 19.3. The summed E-state index contributed by atoms with van der Waals surface area (Å²) in [5.41, 5.74) is 6.41. The molecule has 0 fully saturated rings. The number of carbonyl (C=O) groups excluding carboxylic acids is 3. The second kappa shape index (κ2) is 10.6. The van der Waals surface area contributed by atoms with Gasteiger partial charge in [0.25, 0.3) is 5.91 Å². The van der Waals surface area contributed by atoms with Crippen molar-refractivity contribution >= 4 is 23.5 Å². The number of alkyl halides is 2. The first-order valence-electron chi connectivity index (χ1n) is 8.61. The van der Waals surface area contributed by atoms with Crippen LogP contribution in [0, 0.1) is 0 Å². The molecule has 5 N–H and O–H groups in total. The van der Waals surface area contributed by atoms with Gasteiger partial charge in [0.2, 0.25) is 5.91 Å². The van der Waals surface area contributed by atoms with Crippen molar-refractivity contribution in [2.24, 2.45) is 5.73 Å². The van der Waals surface area contributed by atoms with E-state index in [9.17, 15) is 23.2 Å². The molecule has 0 aliphatic heterocycles. The fourth-order valence-electron chi connectivity index (χ4n) is 2.38. The van der Waals surface area contributed by atoms with Crippen LogP contribution in [0.2, 0.25) is 0 Å². The van der Waals surface area contributed by atoms with Gasteiger partial charge in [0.1, 0.15) is 0 Å². The number of methoxy groups -OCH3 is 1. The molecule has 0 heterocycles. The van der Waals surface area contributed by atoms with Gasteiger partial charge in [0.15, 0.2) is 11.5 Å². The van der Waals surface area contributed by atoms with Crippen LogP contribution in [0.3, 0.4) is 0 Å². The Bertz CT molecular complexity index is 906. The number of nitrogens with two attached hydrogens (primary N) is 1. The number of hydrogen-bond donors (Lipinski definition) is 4. The molecule has 4 amide bonds. The van der Waals surface area contributed by atoms with Gasteiger partial charge in [-0.2, -0.15) is 8.78 Å². The molecule has 11 heteroatoms. The number of nitrogens with one attached hydrogen (secondary N) is 3. The van der Waals surface area contributed by atoms with Crippen molar-refractivity contribution in [3.63, 3.8) is 0 Å². The quantitative estimate of drug-likeness (QED) is 0.490. The molecule has 0 bridgehead atoms. The second-order valence-corrected chi connectivity index (χ2v) is 5.89. The maximum atomic E-state index is 12.3. The van der Waals surface area contributed by atoms with Gasteiger partial charge in [0, 0.05) is 17.8 Å². The second-order valence-electron chi connectivity index (χ2n) is 5.89. The number of urea groups is 1. The Morgan fingerprint density at radius 1 is 1.03 bits per heavy atom. The summed E-state index contributed by atoms with van der Waals surface area (Å²) in [6.45, 7) is -3.12. The van der Waals surface area contributed by atoms with E-state index >= 15 is 0 Å². The average Bonchev–Trinajstić information content (AvgIpc) is 2.71. The molecule has 0 radical (unpaired) electrons. The third kappa shape index (κ3) is 6.93. The van der Waals surface area contributed by atoms with E-state index in [1.54, 1.807) is 24.3 Å². The molecule has 0 unspecified atom stereocenters. The number of anilines is 1. The summed E-state index contributed by atoms with van der Waals surface area (Å²) in [5, 5.41) is 7.46. The minimum Gasteiger partial charge on any atom is -0.493 e. The lowest BCUT2D eigenvalue weighted by atomic mass is 10.2. The maximum absolute atomic E-state index is 12.3. The fourth-order valence-corrected chi connectivity index (χ4v) is 2.38. The van der Waals surface area contributed by atoms with Crippen molar-refractivity contribution in [2.75, 3.05) is 19.0 Å². The summed E-state index contributed by atoms with van der Waals surface area (Å²) in [5.74, 6) is -1.28. The zero-order valence-corrected chi connectivity index (χ0v) is 15.9. The molecule has 160 valence electrons. The zero-order chi connectivity index (χ0) is 22.1. The van der Waals surface area contributed by atoms with Crippen LogP contribution in [-0.4, -0.2) is 38.1 Å². The van der Waals surface area contributed by atoms with Gasteiger partial charge in [-0.25, -0.2) is 4.79 Å². The number of rotatable bonds is 9. The van der Waals surface area contributed by atoms with Crippen LogP contribution in [0.5, 0.6) is 11.5 Å². The van der Waals surface area contributed by atoms with Crippen LogP contribution in [-0.2, 0) is 11.3 Å². The number of amides is 4. The van der Waals surface area contributed by atoms with Gasteiger partial charge in [-0.15, -0.1) is 0 Å². The third-order valence-electron chi connectivity index (χ3n) is 3.76. The number of halogens is 2. The first-order chi connectivity index (χ1) is 14.3.